The van der Waals surface area contributed by atoms with Crippen molar-refractivity contribution in [3.8, 4) is 5.75 Å². The Morgan fingerprint density at radius 3 is 3.12 bits per heavy atom. The van der Waals surface area contributed by atoms with Crippen LogP contribution in [0.15, 0.2) is 23.1 Å². The molecule has 0 radical (unpaired) electrons. The average molecular weight is 239 g/mol. The maximum absolute atomic E-state index is 10.7. The van der Waals surface area contributed by atoms with Crippen LogP contribution in [0.25, 0.3) is 0 Å². The number of methoxy groups -OCH3 is 1. The van der Waals surface area contributed by atoms with E-state index in [1.165, 1.54) is 0 Å². The van der Waals surface area contributed by atoms with E-state index in [1.807, 2.05) is 23.1 Å². The maximum atomic E-state index is 10.7. The van der Waals surface area contributed by atoms with E-state index in [-0.39, 0.29) is 6.54 Å². The van der Waals surface area contributed by atoms with Gasteiger partial charge >= 0.3 is 5.97 Å². The number of fused-ring (bicyclic) bond motifs is 1. The highest BCUT2D eigenvalue weighted by molar-refractivity contribution is 7.99. The van der Waals surface area contributed by atoms with Crippen LogP contribution in [-0.2, 0) is 4.79 Å². The molecule has 0 aliphatic carbocycles. The topological polar surface area (TPSA) is 49.8 Å². The highest BCUT2D eigenvalue weighted by Gasteiger charge is 2.19. The van der Waals surface area contributed by atoms with Crippen molar-refractivity contribution in [1.29, 1.82) is 0 Å². The minimum Gasteiger partial charge on any atom is -0.497 e. The van der Waals surface area contributed by atoms with E-state index in [0.717, 1.165) is 28.6 Å². The zero-order valence-electron chi connectivity index (χ0n) is 8.97. The van der Waals surface area contributed by atoms with Crippen molar-refractivity contribution in [1.82, 2.24) is 0 Å². The van der Waals surface area contributed by atoms with E-state index in [4.69, 9.17) is 9.84 Å². The molecule has 2 rings (SSSR count). The van der Waals surface area contributed by atoms with E-state index in [1.54, 1.807) is 18.9 Å². The number of nitrogens with zero attached hydrogens (tertiary/aromatic N) is 1. The van der Waals surface area contributed by atoms with Crippen LogP contribution >= 0.6 is 11.8 Å². The minimum absolute atomic E-state index is 0.0554. The fraction of sp³-hybridized carbons (Fsp3) is 0.364. The molecule has 0 unspecified atom stereocenters. The second-order valence-corrected chi connectivity index (χ2v) is 4.63. The lowest BCUT2D eigenvalue weighted by Crippen LogP contribution is -2.34. The number of carboxylic acid groups (broad SMARTS) is 1. The van der Waals surface area contributed by atoms with Gasteiger partial charge in [-0.25, -0.2) is 0 Å². The smallest absolute Gasteiger partial charge is 0.323 e. The Hall–Kier alpha value is -1.36. The number of carboxylic acids is 1. The van der Waals surface area contributed by atoms with Crippen molar-refractivity contribution in [2.75, 3.05) is 30.9 Å². The number of benzene rings is 1. The Bertz CT molecular complexity index is 408. The number of carbonyl (C=O) groups is 1. The lowest BCUT2D eigenvalue weighted by Gasteiger charge is -2.29. The quantitative estimate of drug-likeness (QED) is 0.870. The average Bonchev–Trinajstić information content (AvgIpc) is 2.28. The summed E-state index contributed by atoms with van der Waals surface area (Å²) < 4.78 is 5.15. The summed E-state index contributed by atoms with van der Waals surface area (Å²) in [6, 6.07) is 5.73. The van der Waals surface area contributed by atoms with Crippen LogP contribution < -0.4 is 9.64 Å². The van der Waals surface area contributed by atoms with Crippen molar-refractivity contribution in [2.45, 2.75) is 4.90 Å². The first-order valence-corrected chi connectivity index (χ1v) is 5.97. The van der Waals surface area contributed by atoms with Gasteiger partial charge in [-0.05, 0) is 18.2 Å². The van der Waals surface area contributed by atoms with Gasteiger partial charge in [0.25, 0.3) is 0 Å². The molecule has 0 bridgehead atoms. The Morgan fingerprint density at radius 1 is 1.62 bits per heavy atom. The van der Waals surface area contributed by atoms with Crippen LogP contribution in [0, 0.1) is 0 Å². The van der Waals surface area contributed by atoms with E-state index >= 15 is 0 Å². The van der Waals surface area contributed by atoms with Crippen molar-refractivity contribution >= 4 is 23.4 Å². The van der Waals surface area contributed by atoms with E-state index in [0.29, 0.717) is 0 Å². The molecule has 0 amide bonds. The van der Waals surface area contributed by atoms with Crippen molar-refractivity contribution in [2.24, 2.45) is 0 Å². The third kappa shape index (κ3) is 2.24. The fourth-order valence-corrected chi connectivity index (χ4v) is 2.79. The largest absolute Gasteiger partial charge is 0.497 e. The molecule has 0 fully saturated rings. The Balaban J connectivity index is 2.28. The van der Waals surface area contributed by atoms with Crippen LogP contribution in [0.5, 0.6) is 5.75 Å². The van der Waals surface area contributed by atoms with Gasteiger partial charge < -0.3 is 14.7 Å². The van der Waals surface area contributed by atoms with Gasteiger partial charge in [-0.3, -0.25) is 4.79 Å². The van der Waals surface area contributed by atoms with Gasteiger partial charge in [0, 0.05) is 17.2 Å². The van der Waals surface area contributed by atoms with Crippen LogP contribution in [0.2, 0.25) is 0 Å². The summed E-state index contributed by atoms with van der Waals surface area (Å²) in [6.07, 6.45) is 0. The first kappa shape index (κ1) is 11.1. The molecule has 0 saturated carbocycles. The minimum atomic E-state index is -0.798. The second-order valence-electron chi connectivity index (χ2n) is 3.50. The highest BCUT2D eigenvalue weighted by atomic mass is 32.2. The van der Waals surface area contributed by atoms with E-state index in [9.17, 15) is 4.79 Å². The van der Waals surface area contributed by atoms with Crippen LogP contribution in [0.4, 0.5) is 5.69 Å². The summed E-state index contributed by atoms with van der Waals surface area (Å²) in [6.45, 7) is 0.830. The van der Waals surface area contributed by atoms with E-state index in [2.05, 4.69) is 0 Å². The molecule has 0 spiro atoms. The highest BCUT2D eigenvalue weighted by Crippen LogP contribution is 2.36. The SMILES string of the molecule is COc1ccc2c(c1)SCCN2CC(=O)O. The fourth-order valence-electron chi connectivity index (χ4n) is 1.71. The molecular weight excluding hydrogens is 226 g/mol. The number of anilines is 1. The molecule has 1 aliphatic rings. The molecule has 4 nitrogen and oxygen atoms in total. The van der Waals surface area contributed by atoms with Crippen LogP contribution in [-0.4, -0.2) is 37.0 Å². The molecule has 0 saturated heterocycles. The van der Waals surface area contributed by atoms with Gasteiger partial charge in [0.05, 0.1) is 12.8 Å². The molecule has 5 heteroatoms. The Kier molecular flexibility index (Phi) is 3.24. The summed E-state index contributed by atoms with van der Waals surface area (Å²) >= 11 is 1.73. The van der Waals surface area contributed by atoms with Crippen molar-refractivity contribution in [3.63, 3.8) is 0 Å². The summed E-state index contributed by atoms with van der Waals surface area (Å²) in [7, 11) is 1.63. The van der Waals surface area contributed by atoms with Gasteiger partial charge in [0.15, 0.2) is 0 Å². The lowest BCUT2D eigenvalue weighted by atomic mass is 10.2. The predicted octanol–water partition coefficient (Wildman–Crippen LogP) is 1.69. The van der Waals surface area contributed by atoms with Crippen molar-refractivity contribution < 1.29 is 14.6 Å². The summed E-state index contributed by atoms with van der Waals surface area (Å²) in [4.78, 5) is 13.7. The molecule has 0 atom stereocenters. The van der Waals surface area contributed by atoms with Gasteiger partial charge in [-0.1, -0.05) is 0 Å². The number of rotatable bonds is 3. The normalized spacial score (nSPS) is 14.4. The predicted molar refractivity (Wildman–Crippen MR) is 63.6 cm³/mol. The van der Waals surface area contributed by atoms with Crippen LogP contribution in [0.3, 0.4) is 0 Å². The molecule has 1 aromatic carbocycles. The number of thioether (sulfide) groups is 1. The molecule has 1 aliphatic heterocycles. The maximum Gasteiger partial charge on any atom is 0.323 e. The summed E-state index contributed by atoms with van der Waals surface area (Å²) in [5.41, 5.74) is 0.986. The first-order valence-electron chi connectivity index (χ1n) is 4.98. The third-order valence-corrected chi connectivity index (χ3v) is 3.48. The van der Waals surface area contributed by atoms with Gasteiger partial charge in [0.1, 0.15) is 12.3 Å². The number of aliphatic carboxylic acids is 1. The Labute approximate surface area is 98.2 Å². The second kappa shape index (κ2) is 4.65. The molecule has 0 aromatic heterocycles. The molecule has 1 aromatic rings. The van der Waals surface area contributed by atoms with Crippen LogP contribution in [0.1, 0.15) is 0 Å². The lowest BCUT2D eigenvalue weighted by molar-refractivity contribution is -0.135. The van der Waals surface area contributed by atoms with Gasteiger partial charge in [0.2, 0.25) is 0 Å². The number of hydrogen-bond acceptors (Lipinski definition) is 4. The van der Waals surface area contributed by atoms with Gasteiger partial charge in [-0.15, -0.1) is 11.8 Å². The molecule has 1 heterocycles. The molecular formula is C11H13NO3S. The van der Waals surface area contributed by atoms with Gasteiger partial charge in [-0.2, -0.15) is 0 Å². The van der Waals surface area contributed by atoms with Crippen molar-refractivity contribution in [3.05, 3.63) is 18.2 Å². The molecule has 16 heavy (non-hydrogen) atoms. The monoisotopic (exact) mass is 239 g/mol. The molecule has 86 valence electrons. The first-order chi connectivity index (χ1) is 7.70. The number of ether oxygens (including phenoxy) is 1. The van der Waals surface area contributed by atoms with E-state index < -0.39 is 5.97 Å². The molecule has 1 N–H and O–H groups in total. The third-order valence-electron chi connectivity index (χ3n) is 2.45. The zero-order valence-corrected chi connectivity index (χ0v) is 9.79. The summed E-state index contributed by atoms with van der Waals surface area (Å²) in [5, 5.41) is 8.82. The zero-order chi connectivity index (χ0) is 11.5. The standard InChI is InChI=1S/C11H13NO3S/c1-15-8-2-3-9-10(6-8)16-5-4-12(9)7-11(13)14/h2-3,6H,4-5,7H2,1H3,(H,13,14). The Morgan fingerprint density at radius 2 is 2.44 bits per heavy atom. The summed E-state index contributed by atoms with van der Waals surface area (Å²) in [5.74, 6) is 0.921. The number of hydrogen-bond donors (Lipinski definition) is 1.